The Balaban J connectivity index is 1.63. The number of likely N-dealkylation sites (N-methyl/N-ethyl adjacent to an activating group) is 1. The molecule has 18 atom stereocenters. The number of benzene rings is 1. The number of ketones is 1. The third-order valence-electron chi connectivity index (χ3n) is 15.0. The summed E-state index contributed by atoms with van der Waals surface area (Å²) < 4.78 is 39.1. The fraction of sp³-hybridized carbons (Fsp3) is 0.776. The largest absolute Gasteiger partial charge is 0.389 e. The number of oxime groups is 1. The summed E-state index contributed by atoms with van der Waals surface area (Å²) in [5.74, 6) is -3.46. The van der Waals surface area contributed by atoms with Crippen LogP contribution in [0, 0.1) is 29.6 Å². The summed E-state index contributed by atoms with van der Waals surface area (Å²) in [6.45, 7) is 18.5. The average Bonchev–Trinajstić information content (AvgIpc) is 3.26. The number of nitrogens with zero attached hydrogens (tertiary/aromatic N) is 3. The molecule has 362 valence electrons. The van der Waals surface area contributed by atoms with Crippen LogP contribution in [0.15, 0.2) is 41.6 Å². The third-order valence-corrected chi connectivity index (χ3v) is 15.0. The van der Waals surface area contributed by atoms with E-state index in [1.54, 1.807) is 34.8 Å². The molecule has 64 heavy (non-hydrogen) atoms. The van der Waals surface area contributed by atoms with Crippen molar-refractivity contribution in [2.24, 2.45) is 34.7 Å². The predicted octanol–water partition coefficient (Wildman–Crippen LogP) is 5.66. The van der Waals surface area contributed by atoms with Crippen LogP contribution in [-0.2, 0) is 44.7 Å². The van der Waals surface area contributed by atoms with Crippen molar-refractivity contribution in [1.29, 1.82) is 0 Å². The molecule has 1 aliphatic carbocycles. The number of methoxy groups -OCH3 is 2. The van der Waals surface area contributed by atoms with Gasteiger partial charge in [-0.2, -0.15) is 0 Å². The Morgan fingerprint density at radius 3 is 2.19 bits per heavy atom. The second-order valence-electron chi connectivity index (χ2n) is 20.0. The zero-order valence-corrected chi connectivity index (χ0v) is 40.8. The highest BCUT2D eigenvalue weighted by Gasteiger charge is 2.53. The van der Waals surface area contributed by atoms with E-state index in [4.69, 9.17) is 43.4 Å². The van der Waals surface area contributed by atoms with Crippen LogP contribution >= 0.6 is 0 Å². The number of aromatic nitrogens is 1. The minimum absolute atomic E-state index is 0.0523. The maximum absolute atomic E-state index is 14.8. The molecule has 2 saturated heterocycles. The van der Waals surface area contributed by atoms with Crippen LogP contribution in [0.5, 0.6) is 0 Å². The smallest absolute Gasteiger partial charge is 0.185 e. The lowest BCUT2D eigenvalue weighted by atomic mass is 9.69. The molecule has 0 bridgehead atoms. The molecule has 2 aliphatic heterocycles. The highest BCUT2D eigenvalue weighted by Crippen LogP contribution is 2.43. The van der Waals surface area contributed by atoms with Crippen molar-refractivity contribution < 1.29 is 58.5 Å². The SMILES string of the molecule is CC[C@H]1CC(=O)[C@H](C)[C@@H](O[C@H]2C[C@@](C)(OC)[C@@H](O)[C@H](C)O2)[C@H](C)[C@@H](O[C@@H]2O[C@H](C)C[C@H](N(C)C)[C@H]2O)[C@](C)(OC)C[C@@H](C)/C(=N\OCc2ccc3ccccc3n2)[C@H](C)[C@@H](O)[C@]1(C)O. The van der Waals surface area contributed by atoms with E-state index in [-0.39, 0.29) is 43.8 Å². The Bertz CT molecular complexity index is 1870. The zero-order valence-electron chi connectivity index (χ0n) is 40.8. The monoisotopic (exact) mass is 902 g/mol. The summed E-state index contributed by atoms with van der Waals surface area (Å²) in [5, 5.41) is 53.2. The summed E-state index contributed by atoms with van der Waals surface area (Å²) in [6.07, 6.45) is -6.67. The summed E-state index contributed by atoms with van der Waals surface area (Å²) in [5.41, 5.74) is -1.96. The number of carbonyl (C=O) groups excluding carboxylic acids is 1. The first-order chi connectivity index (χ1) is 30.0. The second kappa shape index (κ2) is 21.5. The van der Waals surface area contributed by atoms with Crippen LogP contribution in [0.4, 0.5) is 0 Å². The van der Waals surface area contributed by atoms with Gasteiger partial charge < -0.3 is 58.6 Å². The van der Waals surface area contributed by atoms with E-state index in [1.165, 1.54) is 7.11 Å². The van der Waals surface area contributed by atoms with E-state index < -0.39 is 95.6 Å². The summed E-state index contributed by atoms with van der Waals surface area (Å²) >= 11 is 0. The molecule has 4 N–H and O–H groups in total. The number of para-hydroxylation sites is 1. The minimum atomic E-state index is -1.72. The Labute approximate surface area is 381 Å². The van der Waals surface area contributed by atoms with Gasteiger partial charge in [0.15, 0.2) is 19.2 Å². The molecular formula is C49H79N3O12. The van der Waals surface area contributed by atoms with Crippen LogP contribution in [-0.4, -0.2) is 148 Å². The van der Waals surface area contributed by atoms with Crippen LogP contribution in [0.25, 0.3) is 10.9 Å². The lowest BCUT2D eigenvalue weighted by molar-refractivity contribution is -0.318. The number of rotatable bonds is 11. The molecule has 3 fully saturated rings. The van der Waals surface area contributed by atoms with Gasteiger partial charge in [0.2, 0.25) is 0 Å². The quantitative estimate of drug-likeness (QED) is 0.202. The molecule has 0 amide bonds. The van der Waals surface area contributed by atoms with Gasteiger partial charge in [-0.1, -0.05) is 70.5 Å². The van der Waals surface area contributed by atoms with Crippen LogP contribution in [0.1, 0.15) is 107 Å². The number of Topliss-reactive ketones (excluding diaryl/α,β-unsaturated/α-hetero) is 1. The molecule has 3 heterocycles. The van der Waals surface area contributed by atoms with E-state index in [1.807, 2.05) is 96.9 Å². The number of pyridine rings is 1. The molecule has 0 spiro atoms. The van der Waals surface area contributed by atoms with Crippen molar-refractivity contribution >= 4 is 22.4 Å². The van der Waals surface area contributed by atoms with Gasteiger partial charge in [0.05, 0.1) is 64.2 Å². The molecule has 0 unspecified atom stereocenters. The Kier molecular flexibility index (Phi) is 17.6. The topological polar surface area (TPSA) is 191 Å². The van der Waals surface area contributed by atoms with Crippen molar-refractivity contribution in [2.45, 2.75) is 186 Å². The van der Waals surface area contributed by atoms with E-state index in [0.29, 0.717) is 24.2 Å². The van der Waals surface area contributed by atoms with Crippen molar-refractivity contribution in [2.75, 3.05) is 28.3 Å². The number of hydrogen-bond acceptors (Lipinski definition) is 15. The van der Waals surface area contributed by atoms with Gasteiger partial charge in [-0.15, -0.1) is 0 Å². The fourth-order valence-electron chi connectivity index (χ4n) is 10.6. The number of aliphatic hydroxyl groups is 4. The molecular weight excluding hydrogens is 823 g/mol. The Morgan fingerprint density at radius 2 is 1.55 bits per heavy atom. The maximum atomic E-state index is 14.8. The maximum Gasteiger partial charge on any atom is 0.185 e. The first-order valence-corrected chi connectivity index (χ1v) is 23.2. The fourth-order valence-corrected chi connectivity index (χ4v) is 10.6. The summed E-state index contributed by atoms with van der Waals surface area (Å²) in [7, 11) is 6.96. The van der Waals surface area contributed by atoms with Gasteiger partial charge in [0.1, 0.15) is 18.0 Å². The normalized spacial score (nSPS) is 42.8. The van der Waals surface area contributed by atoms with E-state index in [9.17, 15) is 25.2 Å². The molecule has 5 rings (SSSR count). The zero-order chi connectivity index (χ0) is 47.5. The van der Waals surface area contributed by atoms with Crippen molar-refractivity contribution in [1.82, 2.24) is 9.88 Å². The van der Waals surface area contributed by atoms with Crippen LogP contribution in [0.2, 0.25) is 0 Å². The summed E-state index contributed by atoms with van der Waals surface area (Å²) in [6, 6.07) is 11.4. The second-order valence-corrected chi connectivity index (χ2v) is 20.0. The lowest BCUT2D eigenvalue weighted by Crippen LogP contribution is -2.61. The Morgan fingerprint density at radius 1 is 0.875 bits per heavy atom. The van der Waals surface area contributed by atoms with Crippen molar-refractivity contribution in [3.05, 3.63) is 42.1 Å². The minimum Gasteiger partial charge on any atom is -0.389 e. The first kappa shape index (κ1) is 52.3. The molecule has 1 saturated carbocycles. The van der Waals surface area contributed by atoms with E-state index >= 15 is 0 Å². The molecule has 0 radical (unpaired) electrons. The highest BCUT2D eigenvalue weighted by molar-refractivity contribution is 5.89. The molecule has 2 aromatic rings. The molecule has 3 aliphatic rings. The van der Waals surface area contributed by atoms with Crippen LogP contribution in [0.3, 0.4) is 0 Å². The predicted molar refractivity (Wildman–Crippen MR) is 243 cm³/mol. The third kappa shape index (κ3) is 11.4. The summed E-state index contributed by atoms with van der Waals surface area (Å²) in [4.78, 5) is 27.6. The molecule has 1 aromatic carbocycles. The van der Waals surface area contributed by atoms with Crippen LogP contribution < -0.4 is 0 Å². The molecule has 15 nitrogen and oxygen atoms in total. The average molecular weight is 902 g/mol. The van der Waals surface area contributed by atoms with E-state index in [2.05, 4.69) is 0 Å². The standard InChI is InChI=1S/C49H79N3O12/c1-15-34-23-38(53)29(4)42(63-39-25-47(8,58-13)44(56)32(7)62-39)31(6)45(64-46-41(54)37(52(11)12)22-28(3)61-46)48(9,59-14)24-27(2)40(30(5)43(55)49(34,10)57)51-60-26-35-21-20-33-18-16-17-19-36(33)50-35/h16-21,27-32,34,37,39,41-46,54-57H,15,22-26H2,1-14H3/b51-40+/t27-,28-,29+,30+,31+,32+,34+,37+,39+,41-,42-,43-,44+,45-,46+,47-,48-,49-/m1/s1. The number of fused-ring (bicyclic) bond motifs is 1. The van der Waals surface area contributed by atoms with Gasteiger partial charge in [0.25, 0.3) is 0 Å². The van der Waals surface area contributed by atoms with Crippen molar-refractivity contribution in [3.63, 3.8) is 0 Å². The van der Waals surface area contributed by atoms with Gasteiger partial charge in [-0.05, 0) is 79.6 Å². The number of carbonyl (C=O) groups is 1. The number of hydrogen-bond donors (Lipinski definition) is 4. The van der Waals surface area contributed by atoms with Gasteiger partial charge in [0, 0.05) is 62.2 Å². The van der Waals surface area contributed by atoms with Gasteiger partial charge in [-0.3, -0.25) is 4.79 Å². The highest BCUT2D eigenvalue weighted by atomic mass is 16.7. The lowest BCUT2D eigenvalue weighted by Gasteiger charge is -2.50. The molecule has 15 heteroatoms. The Hall–Kier alpha value is -2.67. The first-order valence-electron chi connectivity index (χ1n) is 23.2. The number of ether oxygens (including phenoxy) is 6. The number of aliphatic hydroxyl groups excluding tert-OH is 3. The van der Waals surface area contributed by atoms with Gasteiger partial charge in [-0.25, -0.2) is 4.98 Å². The molecule has 1 aromatic heterocycles. The van der Waals surface area contributed by atoms with Crippen molar-refractivity contribution in [3.8, 4) is 0 Å². The van der Waals surface area contributed by atoms with Gasteiger partial charge >= 0.3 is 0 Å². The van der Waals surface area contributed by atoms with E-state index in [0.717, 1.165) is 10.9 Å².